The summed E-state index contributed by atoms with van der Waals surface area (Å²) in [5.41, 5.74) is -0.208. The zero-order chi connectivity index (χ0) is 25.5. The molecule has 2 rings (SSSR count). The number of carboxylic acid groups (broad SMARTS) is 1. The first-order valence-electron chi connectivity index (χ1n) is 12.2. The molecule has 2 aliphatic rings. The van der Waals surface area contributed by atoms with Crippen LogP contribution in [0.15, 0.2) is 11.6 Å². The quantitative estimate of drug-likeness (QED) is 0.327. The van der Waals surface area contributed by atoms with E-state index in [1.807, 2.05) is 41.5 Å². The van der Waals surface area contributed by atoms with Gasteiger partial charge in [-0.15, -0.1) is 0 Å². The maximum Gasteiger partial charge on any atom is 0.305 e. The summed E-state index contributed by atoms with van der Waals surface area (Å²) >= 11 is 0. The number of carbonyl (C=O) groups is 1. The zero-order valence-corrected chi connectivity index (χ0v) is 22.1. The van der Waals surface area contributed by atoms with E-state index in [0.29, 0.717) is 6.42 Å². The van der Waals surface area contributed by atoms with Crippen molar-refractivity contribution in [3.05, 3.63) is 11.6 Å². The third-order valence-electron chi connectivity index (χ3n) is 8.14. The predicted octanol–water partition coefficient (Wildman–Crippen LogP) is 4.01. The Morgan fingerprint density at radius 1 is 1.15 bits per heavy atom. The van der Waals surface area contributed by atoms with Crippen molar-refractivity contribution in [1.82, 2.24) is 0 Å². The monoisotopic (exact) mass is 470 g/mol. The van der Waals surface area contributed by atoms with Crippen LogP contribution in [0.2, 0.25) is 0 Å². The number of aliphatic carboxylic acids is 1. The van der Waals surface area contributed by atoms with Gasteiger partial charge in [-0.3, -0.25) is 4.79 Å². The topological polar surface area (TPSA) is 109 Å². The molecule has 0 aromatic heterocycles. The van der Waals surface area contributed by atoms with Crippen molar-refractivity contribution >= 4 is 5.97 Å². The molecule has 7 nitrogen and oxygen atoms in total. The van der Waals surface area contributed by atoms with Crippen LogP contribution in [0.4, 0.5) is 0 Å². The van der Waals surface area contributed by atoms with E-state index in [0.717, 1.165) is 0 Å². The summed E-state index contributed by atoms with van der Waals surface area (Å²) in [4.78, 5) is 11.4. The average Bonchev–Trinajstić information content (AvgIpc) is 3.38. The lowest BCUT2D eigenvalue weighted by molar-refractivity contribution is -0.373. The van der Waals surface area contributed by atoms with Crippen LogP contribution in [0, 0.1) is 29.1 Å². The lowest BCUT2D eigenvalue weighted by Gasteiger charge is -2.57. The molecule has 33 heavy (non-hydrogen) atoms. The van der Waals surface area contributed by atoms with Crippen LogP contribution < -0.4 is 0 Å². The number of rotatable bonds is 10. The number of hydrogen-bond donors (Lipinski definition) is 3. The fraction of sp³-hybridized carbons (Fsp3) is 0.885. The Kier molecular flexibility index (Phi) is 8.51. The fourth-order valence-corrected chi connectivity index (χ4v) is 6.34. The molecule has 0 aromatic rings. The molecule has 7 heteroatoms. The molecule has 0 bridgehead atoms. The van der Waals surface area contributed by atoms with Gasteiger partial charge in [0, 0.05) is 30.3 Å². The van der Waals surface area contributed by atoms with Crippen molar-refractivity contribution < 1.29 is 34.3 Å². The van der Waals surface area contributed by atoms with Gasteiger partial charge in [-0.05, 0) is 33.1 Å². The van der Waals surface area contributed by atoms with E-state index in [4.69, 9.17) is 14.2 Å². The van der Waals surface area contributed by atoms with E-state index in [2.05, 4.69) is 26.8 Å². The number of epoxide rings is 1. The Bertz CT molecular complexity index is 730. The minimum atomic E-state index is -1.62. The first-order valence-corrected chi connectivity index (χ1v) is 12.2. The minimum Gasteiger partial charge on any atom is -0.481 e. The standard InChI is InChI=1S/C26H46O7/c1-14(2)11-16(4)22-25(9,33-22)21(29)15(3)12-17(5)26(30)24(7,8)23(31-10)18(6)19(32-26)13-20(27)28/h11,15-19,21-23,29-30H,12-13H2,1-10H3,(H,27,28)/t15-,16-,17-,18+,19-,21-,22+,23-,25+,26-/m0/s1. The second kappa shape index (κ2) is 9.94. The Balaban J connectivity index is 2.20. The Morgan fingerprint density at radius 2 is 1.73 bits per heavy atom. The summed E-state index contributed by atoms with van der Waals surface area (Å²) in [7, 11) is 1.59. The number of hydrogen-bond acceptors (Lipinski definition) is 6. The molecule has 0 amide bonds. The number of ether oxygens (including phenoxy) is 3. The van der Waals surface area contributed by atoms with E-state index in [1.165, 1.54) is 5.57 Å². The van der Waals surface area contributed by atoms with Crippen molar-refractivity contribution in [3.8, 4) is 0 Å². The zero-order valence-electron chi connectivity index (χ0n) is 22.1. The summed E-state index contributed by atoms with van der Waals surface area (Å²) in [6.07, 6.45) is 0.610. The summed E-state index contributed by atoms with van der Waals surface area (Å²) in [5, 5.41) is 32.4. The van der Waals surface area contributed by atoms with E-state index < -0.39 is 35.0 Å². The molecular formula is C26H46O7. The fourth-order valence-electron chi connectivity index (χ4n) is 6.34. The summed E-state index contributed by atoms with van der Waals surface area (Å²) in [6, 6.07) is 0. The third kappa shape index (κ3) is 5.32. The van der Waals surface area contributed by atoms with Gasteiger partial charge in [-0.25, -0.2) is 0 Å². The van der Waals surface area contributed by atoms with Gasteiger partial charge in [-0.1, -0.05) is 53.2 Å². The lowest BCUT2D eigenvalue weighted by atomic mass is 9.64. The van der Waals surface area contributed by atoms with Crippen LogP contribution in [-0.4, -0.2) is 64.2 Å². The molecular weight excluding hydrogens is 424 g/mol. The number of methoxy groups -OCH3 is 1. The number of aliphatic hydroxyl groups is 2. The summed E-state index contributed by atoms with van der Waals surface area (Å²) in [6.45, 7) is 17.7. The summed E-state index contributed by atoms with van der Waals surface area (Å²) < 4.78 is 17.9. The van der Waals surface area contributed by atoms with Gasteiger partial charge in [0.15, 0.2) is 5.79 Å². The number of allylic oxidation sites excluding steroid dienone is 1. The van der Waals surface area contributed by atoms with Crippen LogP contribution >= 0.6 is 0 Å². The van der Waals surface area contributed by atoms with Crippen molar-refractivity contribution in [3.63, 3.8) is 0 Å². The van der Waals surface area contributed by atoms with Crippen molar-refractivity contribution in [1.29, 1.82) is 0 Å². The third-order valence-corrected chi connectivity index (χ3v) is 8.14. The van der Waals surface area contributed by atoms with Crippen LogP contribution in [0.1, 0.15) is 75.2 Å². The molecule has 3 N–H and O–H groups in total. The highest BCUT2D eigenvalue weighted by molar-refractivity contribution is 5.67. The highest BCUT2D eigenvalue weighted by atomic mass is 16.6. The average molecular weight is 471 g/mol. The highest BCUT2D eigenvalue weighted by Gasteiger charge is 2.63. The van der Waals surface area contributed by atoms with E-state index >= 15 is 0 Å². The number of carboxylic acids is 1. The summed E-state index contributed by atoms with van der Waals surface area (Å²) in [5.74, 6) is -3.15. The second-order valence-electron chi connectivity index (χ2n) is 11.6. The first-order chi connectivity index (χ1) is 15.0. The van der Waals surface area contributed by atoms with E-state index in [1.54, 1.807) is 7.11 Å². The van der Waals surface area contributed by atoms with Gasteiger partial charge in [0.2, 0.25) is 0 Å². The highest BCUT2D eigenvalue weighted by Crippen LogP contribution is 2.53. The molecule has 10 atom stereocenters. The molecule has 2 saturated heterocycles. The predicted molar refractivity (Wildman–Crippen MR) is 127 cm³/mol. The van der Waals surface area contributed by atoms with Gasteiger partial charge in [0.05, 0.1) is 30.8 Å². The molecule has 0 spiro atoms. The molecule has 0 aliphatic carbocycles. The van der Waals surface area contributed by atoms with Gasteiger partial charge in [-0.2, -0.15) is 0 Å². The van der Waals surface area contributed by atoms with Crippen LogP contribution in [0.3, 0.4) is 0 Å². The van der Waals surface area contributed by atoms with Gasteiger partial charge >= 0.3 is 5.97 Å². The second-order valence-corrected chi connectivity index (χ2v) is 11.6. The molecule has 0 radical (unpaired) electrons. The SMILES string of the molecule is CO[C@H]1[C@H](C)[C@H](CC(=O)O)O[C@@](O)([C@@H](C)C[C@H](C)[C@H](O)[C@@]2(C)O[C@@H]2[C@@H](C)C=C(C)C)C1(C)C. The molecule has 0 saturated carbocycles. The van der Waals surface area contributed by atoms with Gasteiger partial charge < -0.3 is 29.5 Å². The Morgan fingerprint density at radius 3 is 2.21 bits per heavy atom. The minimum absolute atomic E-state index is 0.0516. The van der Waals surface area contributed by atoms with Crippen molar-refractivity contribution in [2.24, 2.45) is 29.1 Å². The first kappa shape index (κ1) is 28.2. The maximum atomic E-state index is 11.8. The molecule has 0 aromatic carbocycles. The normalized spacial score (nSPS) is 39.3. The molecule has 2 aliphatic heterocycles. The smallest absolute Gasteiger partial charge is 0.305 e. The molecule has 2 fully saturated rings. The Hall–Kier alpha value is -0.990. The van der Waals surface area contributed by atoms with Crippen LogP contribution in [0.5, 0.6) is 0 Å². The lowest BCUT2D eigenvalue weighted by Crippen LogP contribution is -2.66. The number of aliphatic hydroxyl groups excluding tert-OH is 1. The van der Waals surface area contributed by atoms with Gasteiger partial charge in [0.25, 0.3) is 0 Å². The van der Waals surface area contributed by atoms with Gasteiger partial charge in [0.1, 0.15) is 5.60 Å². The molecule has 2 heterocycles. The Labute approximate surface area is 199 Å². The van der Waals surface area contributed by atoms with Crippen LogP contribution in [-0.2, 0) is 19.0 Å². The maximum absolute atomic E-state index is 11.8. The van der Waals surface area contributed by atoms with Crippen molar-refractivity contribution in [2.75, 3.05) is 7.11 Å². The van der Waals surface area contributed by atoms with E-state index in [-0.39, 0.29) is 42.3 Å². The van der Waals surface area contributed by atoms with Crippen molar-refractivity contribution in [2.45, 2.75) is 111 Å². The largest absolute Gasteiger partial charge is 0.481 e. The van der Waals surface area contributed by atoms with E-state index in [9.17, 15) is 20.1 Å². The molecule has 192 valence electrons. The van der Waals surface area contributed by atoms with Crippen LogP contribution in [0.25, 0.3) is 0 Å². The molecule has 0 unspecified atom stereocenters.